The van der Waals surface area contributed by atoms with Gasteiger partial charge in [0, 0.05) is 24.8 Å². The van der Waals surface area contributed by atoms with Gasteiger partial charge in [0.25, 0.3) is 5.91 Å². The van der Waals surface area contributed by atoms with Crippen molar-refractivity contribution in [2.75, 3.05) is 13.1 Å². The fourth-order valence-electron chi connectivity index (χ4n) is 3.25. The van der Waals surface area contributed by atoms with Crippen molar-refractivity contribution >= 4 is 5.91 Å². The standard InChI is InChI=1S/C17H23N3O2/c1-11-8-18-20(9-11)15-6-5-7-19(10-15)17(21)16-12(2)13(3)22-14(16)4/h8-9,15H,5-7,10H2,1-4H3/t15-/m0/s1. The number of piperidine rings is 1. The van der Waals surface area contributed by atoms with Crippen molar-refractivity contribution in [2.24, 2.45) is 0 Å². The zero-order valence-electron chi connectivity index (χ0n) is 13.7. The van der Waals surface area contributed by atoms with E-state index in [9.17, 15) is 4.79 Å². The molecule has 1 fully saturated rings. The van der Waals surface area contributed by atoms with Crippen LogP contribution in [0.1, 0.15) is 51.9 Å². The van der Waals surface area contributed by atoms with Crippen LogP contribution >= 0.6 is 0 Å². The summed E-state index contributed by atoms with van der Waals surface area (Å²) in [5.41, 5.74) is 2.84. The van der Waals surface area contributed by atoms with Crippen LogP contribution < -0.4 is 0 Å². The first-order valence-corrected chi connectivity index (χ1v) is 7.84. The number of nitrogens with zero attached hydrogens (tertiary/aromatic N) is 3. The number of hydrogen-bond donors (Lipinski definition) is 0. The summed E-state index contributed by atoms with van der Waals surface area (Å²) in [6.45, 7) is 9.28. The molecule has 1 atom stereocenters. The molecule has 1 aliphatic rings. The van der Waals surface area contributed by atoms with Crippen molar-refractivity contribution in [3.63, 3.8) is 0 Å². The van der Waals surface area contributed by atoms with Crippen LogP contribution in [-0.2, 0) is 0 Å². The Balaban J connectivity index is 1.81. The van der Waals surface area contributed by atoms with Gasteiger partial charge in [-0.15, -0.1) is 0 Å². The number of hydrogen-bond acceptors (Lipinski definition) is 3. The third-order valence-corrected chi connectivity index (χ3v) is 4.56. The Morgan fingerprint density at radius 3 is 2.64 bits per heavy atom. The van der Waals surface area contributed by atoms with Crippen molar-refractivity contribution in [2.45, 2.75) is 46.6 Å². The van der Waals surface area contributed by atoms with E-state index in [1.54, 1.807) is 0 Å². The van der Waals surface area contributed by atoms with E-state index in [4.69, 9.17) is 4.42 Å². The Bertz CT molecular complexity index is 699. The number of rotatable bonds is 2. The number of amides is 1. The SMILES string of the molecule is Cc1cnn([C@H]2CCCN(C(=O)c3c(C)oc(C)c3C)C2)c1. The maximum absolute atomic E-state index is 12.9. The van der Waals surface area contributed by atoms with Crippen LogP contribution in [0.5, 0.6) is 0 Å². The van der Waals surface area contributed by atoms with Crippen LogP contribution in [-0.4, -0.2) is 33.7 Å². The molecule has 0 saturated carbocycles. The first-order valence-electron chi connectivity index (χ1n) is 7.84. The third kappa shape index (κ3) is 2.56. The number of carbonyl (C=O) groups excluding carboxylic acids is 1. The van der Waals surface area contributed by atoms with Gasteiger partial charge in [-0.25, -0.2) is 0 Å². The Morgan fingerprint density at radius 1 is 1.27 bits per heavy atom. The van der Waals surface area contributed by atoms with Gasteiger partial charge in [0.05, 0.1) is 17.8 Å². The molecule has 0 aliphatic carbocycles. The maximum atomic E-state index is 12.9. The lowest BCUT2D eigenvalue weighted by Crippen LogP contribution is -2.41. The van der Waals surface area contributed by atoms with Crippen molar-refractivity contribution in [3.8, 4) is 0 Å². The molecular formula is C17H23N3O2. The number of furan rings is 1. The second kappa shape index (κ2) is 5.63. The summed E-state index contributed by atoms with van der Waals surface area (Å²) in [6, 6.07) is 0.264. The molecule has 1 amide bonds. The van der Waals surface area contributed by atoms with Gasteiger partial charge in [-0.1, -0.05) is 0 Å². The molecule has 0 aromatic carbocycles. The molecule has 3 heterocycles. The Morgan fingerprint density at radius 2 is 2.05 bits per heavy atom. The van der Waals surface area contributed by atoms with E-state index in [1.165, 1.54) is 0 Å². The highest BCUT2D eigenvalue weighted by atomic mass is 16.3. The molecule has 0 spiro atoms. The van der Waals surface area contributed by atoms with Crippen molar-refractivity contribution in [3.05, 3.63) is 40.6 Å². The van der Waals surface area contributed by atoms with Crippen molar-refractivity contribution in [1.29, 1.82) is 0 Å². The minimum Gasteiger partial charge on any atom is -0.466 e. The van der Waals surface area contributed by atoms with Gasteiger partial charge >= 0.3 is 0 Å². The van der Waals surface area contributed by atoms with Crippen molar-refractivity contribution in [1.82, 2.24) is 14.7 Å². The predicted octanol–water partition coefficient (Wildman–Crippen LogP) is 3.19. The number of likely N-dealkylation sites (tertiary alicyclic amines) is 1. The first-order chi connectivity index (χ1) is 10.5. The van der Waals surface area contributed by atoms with Gasteiger partial charge in [-0.3, -0.25) is 9.48 Å². The first kappa shape index (κ1) is 14.9. The summed E-state index contributed by atoms with van der Waals surface area (Å²) < 4.78 is 7.60. The summed E-state index contributed by atoms with van der Waals surface area (Å²) in [5, 5.41) is 4.41. The molecular weight excluding hydrogens is 278 g/mol. The lowest BCUT2D eigenvalue weighted by atomic mass is 10.0. The molecule has 3 rings (SSSR count). The van der Waals surface area contributed by atoms with Crippen LogP contribution in [0.2, 0.25) is 0 Å². The van der Waals surface area contributed by atoms with E-state index in [-0.39, 0.29) is 11.9 Å². The number of carbonyl (C=O) groups is 1. The lowest BCUT2D eigenvalue weighted by molar-refractivity contribution is 0.0670. The van der Waals surface area contributed by atoms with E-state index >= 15 is 0 Å². The van der Waals surface area contributed by atoms with Crippen LogP contribution in [0.3, 0.4) is 0 Å². The van der Waals surface area contributed by atoms with Crippen LogP contribution in [0.15, 0.2) is 16.8 Å². The molecule has 118 valence electrons. The zero-order valence-corrected chi connectivity index (χ0v) is 13.7. The van der Waals surface area contributed by atoms with Crippen LogP contribution in [0.25, 0.3) is 0 Å². The topological polar surface area (TPSA) is 51.3 Å². The second-order valence-corrected chi connectivity index (χ2v) is 6.26. The smallest absolute Gasteiger partial charge is 0.257 e. The quantitative estimate of drug-likeness (QED) is 0.856. The largest absolute Gasteiger partial charge is 0.466 e. The van der Waals surface area contributed by atoms with Crippen LogP contribution in [0, 0.1) is 27.7 Å². The average Bonchev–Trinajstić information content (AvgIpc) is 3.03. The summed E-state index contributed by atoms with van der Waals surface area (Å²) in [5.74, 6) is 1.63. The molecule has 5 nitrogen and oxygen atoms in total. The van der Waals surface area contributed by atoms with E-state index in [0.29, 0.717) is 6.54 Å². The highest BCUT2D eigenvalue weighted by Crippen LogP contribution is 2.26. The van der Waals surface area contributed by atoms with Crippen molar-refractivity contribution < 1.29 is 9.21 Å². The highest BCUT2D eigenvalue weighted by molar-refractivity contribution is 5.97. The molecule has 0 unspecified atom stereocenters. The zero-order chi connectivity index (χ0) is 15.9. The van der Waals surface area contributed by atoms with Gasteiger partial charge < -0.3 is 9.32 Å². The number of aromatic nitrogens is 2. The Hall–Kier alpha value is -2.04. The summed E-state index contributed by atoms with van der Waals surface area (Å²) in [7, 11) is 0. The Labute approximate surface area is 130 Å². The fraction of sp³-hybridized carbons (Fsp3) is 0.529. The van der Waals surface area contributed by atoms with Gasteiger partial charge in [0.2, 0.25) is 0 Å². The summed E-state index contributed by atoms with van der Waals surface area (Å²) in [6.07, 6.45) is 5.99. The molecule has 0 N–H and O–H groups in total. The normalized spacial score (nSPS) is 18.7. The highest BCUT2D eigenvalue weighted by Gasteiger charge is 2.29. The van der Waals surface area contributed by atoms with Gasteiger partial charge in [0.15, 0.2) is 0 Å². The van der Waals surface area contributed by atoms with E-state index in [1.807, 2.05) is 43.5 Å². The van der Waals surface area contributed by atoms with Gasteiger partial charge in [-0.05, 0) is 46.1 Å². The Kier molecular flexibility index (Phi) is 3.81. The average molecular weight is 301 g/mol. The predicted molar refractivity (Wildman–Crippen MR) is 84.1 cm³/mol. The molecule has 2 aromatic rings. The molecule has 0 radical (unpaired) electrons. The molecule has 1 saturated heterocycles. The van der Waals surface area contributed by atoms with Gasteiger partial charge in [0.1, 0.15) is 11.5 Å². The van der Waals surface area contributed by atoms with Gasteiger partial charge in [-0.2, -0.15) is 5.10 Å². The van der Waals surface area contributed by atoms with E-state index in [0.717, 1.165) is 47.6 Å². The second-order valence-electron chi connectivity index (χ2n) is 6.26. The minimum atomic E-state index is 0.0837. The van der Waals surface area contributed by atoms with Crippen LogP contribution in [0.4, 0.5) is 0 Å². The lowest BCUT2D eigenvalue weighted by Gasteiger charge is -2.33. The molecule has 22 heavy (non-hydrogen) atoms. The molecule has 0 bridgehead atoms. The summed E-state index contributed by atoms with van der Waals surface area (Å²) >= 11 is 0. The monoisotopic (exact) mass is 301 g/mol. The summed E-state index contributed by atoms with van der Waals surface area (Å²) in [4.78, 5) is 14.8. The third-order valence-electron chi connectivity index (χ3n) is 4.56. The molecule has 1 aliphatic heterocycles. The molecule has 5 heteroatoms. The molecule has 2 aromatic heterocycles. The van der Waals surface area contributed by atoms with E-state index < -0.39 is 0 Å². The minimum absolute atomic E-state index is 0.0837. The fourth-order valence-corrected chi connectivity index (χ4v) is 3.25. The number of aryl methyl sites for hydroxylation is 3. The maximum Gasteiger partial charge on any atom is 0.257 e. The van der Waals surface area contributed by atoms with E-state index in [2.05, 4.69) is 11.3 Å².